The molecule has 0 aliphatic heterocycles. The normalized spacial score (nSPS) is 9.83. The average Bonchev–Trinajstić information content (AvgIpc) is 2.41. The third kappa shape index (κ3) is 2.88. The van der Waals surface area contributed by atoms with Crippen molar-refractivity contribution in [1.82, 2.24) is 4.98 Å². The zero-order chi connectivity index (χ0) is 13.0. The number of nitriles is 1. The first kappa shape index (κ1) is 12.6. The van der Waals surface area contributed by atoms with Gasteiger partial charge in [-0.05, 0) is 25.1 Å². The first-order valence-corrected chi connectivity index (χ1v) is 6.22. The van der Waals surface area contributed by atoms with Gasteiger partial charge in [0.25, 0.3) is 0 Å². The van der Waals surface area contributed by atoms with Crippen LogP contribution in [0.3, 0.4) is 0 Å². The highest BCUT2D eigenvalue weighted by Gasteiger charge is 2.03. The van der Waals surface area contributed by atoms with Crippen molar-refractivity contribution in [2.45, 2.75) is 13.5 Å². The number of benzene rings is 1. The third-order valence-electron chi connectivity index (χ3n) is 2.54. The van der Waals surface area contributed by atoms with Gasteiger partial charge in [-0.2, -0.15) is 5.26 Å². The molecule has 90 valence electrons. The molecule has 3 nitrogen and oxygen atoms in total. The zero-order valence-corrected chi connectivity index (χ0v) is 11.4. The quantitative estimate of drug-likeness (QED) is 0.870. The van der Waals surface area contributed by atoms with Crippen LogP contribution in [-0.2, 0) is 6.61 Å². The molecule has 0 radical (unpaired) electrons. The number of aromatic nitrogens is 1. The van der Waals surface area contributed by atoms with Crippen molar-refractivity contribution in [3.63, 3.8) is 0 Å². The monoisotopic (exact) mass is 302 g/mol. The predicted octanol–water partition coefficient (Wildman–Crippen LogP) is 3.60. The van der Waals surface area contributed by atoms with Crippen LogP contribution in [0.2, 0.25) is 0 Å². The summed E-state index contributed by atoms with van der Waals surface area (Å²) in [5.74, 6) is 0.826. The van der Waals surface area contributed by atoms with E-state index in [1.54, 1.807) is 12.3 Å². The first-order chi connectivity index (χ1) is 8.70. The van der Waals surface area contributed by atoms with E-state index in [9.17, 15) is 0 Å². The lowest BCUT2D eigenvalue weighted by atomic mass is 10.2. The van der Waals surface area contributed by atoms with Crippen molar-refractivity contribution in [3.8, 4) is 11.8 Å². The van der Waals surface area contributed by atoms with Crippen molar-refractivity contribution in [2.24, 2.45) is 0 Å². The molecule has 0 spiro atoms. The first-order valence-electron chi connectivity index (χ1n) is 5.42. The van der Waals surface area contributed by atoms with Crippen LogP contribution in [0.15, 0.2) is 41.1 Å². The Morgan fingerprint density at radius 1 is 1.39 bits per heavy atom. The van der Waals surface area contributed by atoms with Crippen molar-refractivity contribution >= 4 is 15.9 Å². The molecule has 1 aromatic carbocycles. The summed E-state index contributed by atoms with van der Waals surface area (Å²) in [4.78, 5) is 4.00. The van der Waals surface area contributed by atoms with E-state index in [1.807, 2.05) is 25.1 Å². The molecule has 1 aromatic heterocycles. The number of hydrogen-bond acceptors (Lipinski definition) is 3. The Morgan fingerprint density at radius 3 is 3.00 bits per heavy atom. The van der Waals surface area contributed by atoms with Crippen LogP contribution >= 0.6 is 15.9 Å². The number of pyridine rings is 1. The lowest BCUT2D eigenvalue weighted by Gasteiger charge is -2.10. The highest BCUT2D eigenvalue weighted by atomic mass is 79.9. The van der Waals surface area contributed by atoms with Crippen LogP contribution in [0.25, 0.3) is 0 Å². The molecule has 0 unspecified atom stereocenters. The fraction of sp³-hybridized carbons (Fsp3) is 0.143. The van der Waals surface area contributed by atoms with Gasteiger partial charge in [-0.1, -0.05) is 22.0 Å². The van der Waals surface area contributed by atoms with E-state index < -0.39 is 0 Å². The summed E-state index contributed by atoms with van der Waals surface area (Å²) in [6.07, 6.45) is 3.24. The van der Waals surface area contributed by atoms with Crippen molar-refractivity contribution in [2.75, 3.05) is 0 Å². The summed E-state index contributed by atoms with van der Waals surface area (Å²) in [6, 6.07) is 9.66. The molecular formula is C14H11BrN2O. The van der Waals surface area contributed by atoms with Gasteiger partial charge in [-0.3, -0.25) is 4.98 Å². The summed E-state index contributed by atoms with van der Waals surface area (Å²) >= 11 is 3.46. The van der Waals surface area contributed by atoms with Gasteiger partial charge in [0.2, 0.25) is 0 Å². The molecule has 0 aliphatic rings. The molecule has 2 aromatic rings. The van der Waals surface area contributed by atoms with Crippen molar-refractivity contribution < 1.29 is 4.74 Å². The van der Waals surface area contributed by atoms with E-state index >= 15 is 0 Å². The molecule has 2 rings (SSSR count). The Bertz CT molecular complexity index is 605. The second kappa shape index (κ2) is 5.65. The molecular weight excluding hydrogens is 292 g/mol. The van der Waals surface area contributed by atoms with E-state index in [-0.39, 0.29) is 0 Å². The summed E-state index contributed by atoms with van der Waals surface area (Å²) in [6.45, 7) is 2.39. The van der Waals surface area contributed by atoms with Crippen LogP contribution in [0.5, 0.6) is 5.75 Å². The smallest absolute Gasteiger partial charge is 0.123 e. The number of ether oxygens (including phenoxy) is 1. The molecule has 0 aliphatic carbocycles. The fourth-order valence-corrected chi connectivity index (χ4v) is 1.88. The van der Waals surface area contributed by atoms with Gasteiger partial charge < -0.3 is 4.74 Å². The number of nitrogens with zero attached hydrogens (tertiary/aromatic N) is 2. The third-order valence-corrected chi connectivity index (χ3v) is 3.40. The molecule has 0 N–H and O–H groups in total. The van der Waals surface area contributed by atoms with Crippen LogP contribution in [0.1, 0.15) is 16.7 Å². The van der Waals surface area contributed by atoms with Gasteiger partial charge in [0.05, 0.1) is 5.56 Å². The minimum Gasteiger partial charge on any atom is -0.489 e. The van der Waals surface area contributed by atoms with Gasteiger partial charge in [-0.15, -0.1) is 0 Å². The lowest BCUT2D eigenvalue weighted by molar-refractivity contribution is 0.303. The van der Waals surface area contributed by atoms with Crippen LogP contribution in [0, 0.1) is 18.3 Å². The number of halogens is 1. The Morgan fingerprint density at radius 2 is 2.22 bits per heavy atom. The molecule has 0 bridgehead atoms. The number of hydrogen-bond donors (Lipinski definition) is 0. The molecule has 1 heterocycles. The minimum absolute atomic E-state index is 0.403. The fourth-order valence-electron chi connectivity index (χ4n) is 1.53. The maximum atomic E-state index is 8.79. The highest BCUT2D eigenvalue weighted by molar-refractivity contribution is 9.10. The van der Waals surface area contributed by atoms with E-state index in [0.29, 0.717) is 12.2 Å². The van der Waals surface area contributed by atoms with E-state index in [2.05, 4.69) is 27.0 Å². The van der Waals surface area contributed by atoms with Gasteiger partial charge >= 0.3 is 0 Å². The zero-order valence-electron chi connectivity index (χ0n) is 9.85. The molecule has 0 atom stereocenters. The maximum absolute atomic E-state index is 8.79. The van der Waals surface area contributed by atoms with Crippen molar-refractivity contribution in [3.05, 3.63) is 57.8 Å². The Labute approximate surface area is 114 Å². The summed E-state index contributed by atoms with van der Waals surface area (Å²) in [5.41, 5.74) is 2.48. The summed E-state index contributed by atoms with van der Waals surface area (Å²) < 4.78 is 6.74. The molecule has 0 fully saturated rings. The molecule has 4 heteroatoms. The Balaban J connectivity index is 2.12. The highest BCUT2D eigenvalue weighted by Crippen LogP contribution is 2.26. The van der Waals surface area contributed by atoms with Crippen molar-refractivity contribution in [1.29, 1.82) is 5.26 Å². The summed E-state index contributed by atoms with van der Waals surface area (Å²) in [7, 11) is 0. The van der Waals surface area contributed by atoms with E-state index in [1.165, 1.54) is 6.20 Å². The standard InChI is InChI=1S/C14H11BrN2O/c1-10-13(15)3-2-4-14(10)18-9-12-5-11(6-16)7-17-8-12/h2-5,7-8H,9H2,1H3. The maximum Gasteiger partial charge on any atom is 0.123 e. The van der Waals surface area contributed by atoms with Crippen LogP contribution in [-0.4, -0.2) is 4.98 Å². The summed E-state index contributed by atoms with van der Waals surface area (Å²) in [5, 5.41) is 8.79. The molecule has 0 amide bonds. The van der Waals surface area contributed by atoms with Crippen LogP contribution < -0.4 is 4.74 Å². The second-order valence-electron chi connectivity index (χ2n) is 3.85. The predicted molar refractivity (Wildman–Crippen MR) is 72.2 cm³/mol. The van der Waals surface area contributed by atoms with Gasteiger partial charge in [0, 0.05) is 28.0 Å². The van der Waals surface area contributed by atoms with Gasteiger partial charge in [0.15, 0.2) is 0 Å². The lowest BCUT2D eigenvalue weighted by Crippen LogP contribution is -1.98. The van der Waals surface area contributed by atoms with Crippen LogP contribution in [0.4, 0.5) is 0 Å². The second-order valence-corrected chi connectivity index (χ2v) is 4.70. The largest absolute Gasteiger partial charge is 0.489 e. The topological polar surface area (TPSA) is 45.9 Å². The molecule has 18 heavy (non-hydrogen) atoms. The average molecular weight is 303 g/mol. The van der Waals surface area contributed by atoms with E-state index in [4.69, 9.17) is 10.00 Å². The SMILES string of the molecule is Cc1c(Br)cccc1OCc1cncc(C#N)c1. The molecule has 0 saturated carbocycles. The Hall–Kier alpha value is -1.86. The minimum atomic E-state index is 0.403. The van der Waals surface area contributed by atoms with Gasteiger partial charge in [0.1, 0.15) is 18.4 Å². The van der Waals surface area contributed by atoms with Gasteiger partial charge in [-0.25, -0.2) is 0 Å². The van der Waals surface area contributed by atoms with E-state index in [0.717, 1.165) is 21.3 Å². The molecule has 0 saturated heterocycles. The number of rotatable bonds is 3. The Kier molecular flexibility index (Phi) is 3.96.